The topological polar surface area (TPSA) is 41.1 Å². The van der Waals surface area contributed by atoms with Gasteiger partial charge in [-0.05, 0) is 77.8 Å². The normalized spacial score (nSPS) is 17.2. The molecule has 1 aromatic carbocycles. The number of nitrogens with one attached hydrogen (secondary N) is 2. The van der Waals surface area contributed by atoms with E-state index in [2.05, 4.69) is 33.5 Å². The summed E-state index contributed by atoms with van der Waals surface area (Å²) in [6.07, 6.45) is 3.64. The number of benzene rings is 1. The predicted molar refractivity (Wildman–Crippen MR) is 90.2 cm³/mol. The van der Waals surface area contributed by atoms with Gasteiger partial charge in [0.25, 0.3) is 0 Å². The Labute approximate surface area is 140 Å². The second kappa shape index (κ2) is 8.63. The molecule has 122 valence electrons. The van der Waals surface area contributed by atoms with Crippen LogP contribution in [0.3, 0.4) is 0 Å². The van der Waals surface area contributed by atoms with E-state index in [1.165, 1.54) is 6.07 Å². The number of rotatable bonds is 6. The van der Waals surface area contributed by atoms with Gasteiger partial charge in [-0.2, -0.15) is 0 Å². The predicted octanol–water partition coefficient (Wildman–Crippen LogP) is 3.27. The minimum Gasteiger partial charge on any atom is -0.356 e. The molecule has 1 unspecified atom stereocenters. The Bertz CT molecular complexity index is 503. The van der Waals surface area contributed by atoms with E-state index in [0.717, 1.165) is 31.5 Å². The maximum absolute atomic E-state index is 13.1. The summed E-state index contributed by atoms with van der Waals surface area (Å²) >= 11 is 3.18. The molecule has 2 N–H and O–H groups in total. The summed E-state index contributed by atoms with van der Waals surface area (Å²) in [6, 6.07) is 4.96. The van der Waals surface area contributed by atoms with Crippen LogP contribution in [-0.2, 0) is 11.2 Å². The monoisotopic (exact) mass is 370 g/mol. The Kier molecular flexibility index (Phi) is 6.83. The van der Waals surface area contributed by atoms with Crippen LogP contribution in [0.25, 0.3) is 0 Å². The van der Waals surface area contributed by atoms with Crippen molar-refractivity contribution in [1.82, 2.24) is 10.6 Å². The van der Waals surface area contributed by atoms with Crippen molar-refractivity contribution in [3.8, 4) is 0 Å². The molecule has 1 atom stereocenters. The maximum atomic E-state index is 13.1. The molecular weight excluding hydrogens is 347 g/mol. The zero-order valence-corrected chi connectivity index (χ0v) is 14.6. The van der Waals surface area contributed by atoms with Crippen LogP contribution in [0.2, 0.25) is 0 Å². The van der Waals surface area contributed by atoms with Gasteiger partial charge >= 0.3 is 0 Å². The molecule has 0 aromatic heterocycles. The van der Waals surface area contributed by atoms with Crippen molar-refractivity contribution in [2.45, 2.75) is 32.6 Å². The Balaban J connectivity index is 1.69. The largest absolute Gasteiger partial charge is 0.356 e. The maximum Gasteiger partial charge on any atom is 0.220 e. The fraction of sp³-hybridized carbons (Fsp3) is 0.588. The average molecular weight is 371 g/mol. The molecule has 0 spiro atoms. The molecule has 1 aliphatic heterocycles. The van der Waals surface area contributed by atoms with Crippen LogP contribution in [0, 0.1) is 17.7 Å². The zero-order valence-electron chi connectivity index (χ0n) is 13.0. The molecule has 1 aromatic rings. The third-order valence-corrected chi connectivity index (χ3v) is 5.02. The first-order valence-corrected chi connectivity index (χ1v) is 8.77. The Hall–Kier alpha value is -0.940. The molecule has 2 rings (SSSR count). The lowest BCUT2D eigenvalue weighted by Crippen LogP contribution is -2.34. The highest BCUT2D eigenvalue weighted by atomic mass is 79.9. The molecule has 5 heteroatoms. The average Bonchev–Trinajstić information content (AvgIpc) is 2.51. The first-order chi connectivity index (χ1) is 10.6. The summed E-state index contributed by atoms with van der Waals surface area (Å²) < 4.78 is 13.6. The highest BCUT2D eigenvalue weighted by molar-refractivity contribution is 9.10. The number of amides is 1. The summed E-state index contributed by atoms with van der Waals surface area (Å²) in [4.78, 5) is 12.0. The number of halogens is 2. The van der Waals surface area contributed by atoms with Crippen LogP contribution in [0.1, 0.15) is 31.7 Å². The van der Waals surface area contributed by atoms with Gasteiger partial charge in [0.2, 0.25) is 5.91 Å². The van der Waals surface area contributed by atoms with Gasteiger partial charge in [0.05, 0.1) is 4.47 Å². The Morgan fingerprint density at radius 2 is 2.18 bits per heavy atom. The van der Waals surface area contributed by atoms with Crippen LogP contribution in [0.4, 0.5) is 4.39 Å². The molecule has 22 heavy (non-hydrogen) atoms. The number of hydrogen-bond donors (Lipinski definition) is 2. The lowest BCUT2D eigenvalue weighted by Gasteiger charge is -2.27. The van der Waals surface area contributed by atoms with Crippen LogP contribution in [0.5, 0.6) is 0 Å². The smallest absolute Gasteiger partial charge is 0.220 e. The summed E-state index contributed by atoms with van der Waals surface area (Å²) in [6.45, 7) is 4.90. The van der Waals surface area contributed by atoms with E-state index in [4.69, 9.17) is 0 Å². The van der Waals surface area contributed by atoms with Crippen molar-refractivity contribution in [2.75, 3.05) is 19.6 Å². The summed E-state index contributed by atoms with van der Waals surface area (Å²) in [5, 5.41) is 6.32. The molecule has 0 aliphatic carbocycles. The first kappa shape index (κ1) is 17.4. The lowest BCUT2D eigenvalue weighted by atomic mass is 9.84. The molecular formula is C17H24BrFN2O. The van der Waals surface area contributed by atoms with E-state index >= 15 is 0 Å². The first-order valence-electron chi connectivity index (χ1n) is 7.97. The standard InChI is InChI=1S/C17H24BrFN2O/c1-12(14-5-7-20-8-6-14)10-17(22)21-9-4-13-2-3-16(19)15(18)11-13/h2-3,11-12,14,20H,4-10H2,1H3,(H,21,22). The van der Waals surface area contributed by atoms with E-state index in [1.807, 2.05) is 0 Å². The Morgan fingerprint density at radius 1 is 1.45 bits per heavy atom. The minimum absolute atomic E-state index is 0.118. The van der Waals surface area contributed by atoms with Crippen molar-refractivity contribution in [2.24, 2.45) is 11.8 Å². The van der Waals surface area contributed by atoms with Crippen molar-refractivity contribution in [1.29, 1.82) is 0 Å². The summed E-state index contributed by atoms with van der Waals surface area (Å²) in [5.41, 5.74) is 1.01. The van der Waals surface area contributed by atoms with Crippen molar-refractivity contribution < 1.29 is 9.18 Å². The number of piperidine rings is 1. The number of carbonyl (C=O) groups is 1. The SMILES string of the molecule is CC(CC(=O)NCCc1ccc(F)c(Br)c1)C1CCNCC1. The van der Waals surface area contributed by atoms with Gasteiger partial charge in [0.15, 0.2) is 0 Å². The van der Waals surface area contributed by atoms with E-state index in [1.54, 1.807) is 12.1 Å². The Morgan fingerprint density at radius 3 is 2.86 bits per heavy atom. The molecule has 1 aliphatic rings. The zero-order chi connectivity index (χ0) is 15.9. The second-order valence-corrected chi connectivity index (χ2v) is 6.97. The fourth-order valence-electron chi connectivity index (χ4n) is 2.99. The second-order valence-electron chi connectivity index (χ2n) is 6.12. The highest BCUT2D eigenvalue weighted by Crippen LogP contribution is 2.24. The van der Waals surface area contributed by atoms with Gasteiger partial charge in [0, 0.05) is 13.0 Å². The summed E-state index contributed by atoms with van der Waals surface area (Å²) in [5.74, 6) is 0.943. The molecule has 3 nitrogen and oxygen atoms in total. The molecule has 0 radical (unpaired) electrons. The highest BCUT2D eigenvalue weighted by Gasteiger charge is 2.21. The van der Waals surface area contributed by atoms with E-state index in [0.29, 0.717) is 35.7 Å². The van der Waals surface area contributed by atoms with Crippen molar-refractivity contribution in [3.05, 3.63) is 34.1 Å². The van der Waals surface area contributed by atoms with Crippen LogP contribution < -0.4 is 10.6 Å². The molecule has 1 heterocycles. The van der Waals surface area contributed by atoms with Crippen LogP contribution in [-0.4, -0.2) is 25.5 Å². The molecule has 0 saturated carbocycles. The van der Waals surface area contributed by atoms with Gasteiger partial charge in [-0.15, -0.1) is 0 Å². The van der Waals surface area contributed by atoms with E-state index in [-0.39, 0.29) is 11.7 Å². The van der Waals surface area contributed by atoms with Gasteiger partial charge < -0.3 is 10.6 Å². The van der Waals surface area contributed by atoms with Gasteiger partial charge in [-0.3, -0.25) is 4.79 Å². The third-order valence-electron chi connectivity index (χ3n) is 4.42. The minimum atomic E-state index is -0.261. The van der Waals surface area contributed by atoms with Crippen LogP contribution in [0.15, 0.2) is 22.7 Å². The van der Waals surface area contributed by atoms with E-state index < -0.39 is 0 Å². The molecule has 0 bridgehead atoms. The van der Waals surface area contributed by atoms with Gasteiger partial charge in [-0.1, -0.05) is 13.0 Å². The molecule has 1 fully saturated rings. The lowest BCUT2D eigenvalue weighted by molar-refractivity contribution is -0.122. The van der Waals surface area contributed by atoms with Gasteiger partial charge in [-0.25, -0.2) is 4.39 Å². The van der Waals surface area contributed by atoms with Gasteiger partial charge in [0.1, 0.15) is 5.82 Å². The molecule has 1 amide bonds. The van der Waals surface area contributed by atoms with Crippen molar-refractivity contribution in [3.63, 3.8) is 0 Å². The number of carbonyl (C=O) groups excluding carboxylic acids is 1. The van der Waals surface area contributed by atoms with Crippen LogP contribution >= 0.6 is 15.9 Å². The summed E-state index contributed by atoms with van der Waals surface area (Å²) in [7, 11) is 0. The molecule has 1 saturated heterocycles. The van der Waals surface area contributed by atoms with Crippen molar-refractivity contribution >= 4 is 21.8 Å². The quantitative estimate of drug-likeness (QED) is 0.806. The fourth-order valence-corrected chi connectivity index (χ4v) is 3.41. The number of hydrogen-bond acceptors (Lipinski definition) is 2. The third kappa shape index (κ3) is 5.36. The van der Waals surface area contributed by atoms with E-state index in [9.17, 15) is 9.18 Å².